The van der Waals surface area contributed by atoms with Crippen LogP contribution in [0.25, 0.3) is 28.1 Å². The summed E-state index contributed by atoms with van der Waals surface area (Å²) < 4.78 is 15.5. The largest absolute Gasteiger partial charge is 0.344 e. The molecular formula is C21H20FNO. The molecule has 0 saturated heterocycles. The normalized spacial score (nSPS) is 11.7. The molecule has 1 heterocycles. The number of allylic oxidation sites excluding steroid dienone is 1. The molecule has 2 aromatic carbocycles. The third kappa shape index (κ3) is 2.78. The lowest BCUT2D eigenvalue weighted by molar-refractivity contribution is -0.104. The molecule has 3 rings (SSSR count). The third-order valence-corrected chi connectivity index (χ3v) is 4.37. The monoisotopic (exact) mass is 321 g/mol. The second-order valence-corrected chi connectivity index (χ2v) is 6.22. The number of aldehydes is 1. The number of carbonyl (C=O) groups is 1. The molecule has 0 aliphatic heterocycles. The zero-order valence-electron chi connectivity index (χ0n) is 14.1. The molecule has 0 atom stereocenters. The number of rotatable bonds is 4. The van der Waals surface area contributed by atoms with Gasteiger partial charge < -0.3 is 4.57 Å². The van der Waals surface area contributed by atoms with Crippen LogP contribution in [0.3, 0.4) is 0 Å². The van der Waals surface area contributed by atoms with Crippen molar-refractivity contribution in [2.24, 2.45) is 0 Å². The molecule has 0 aliphatic carbocycles. The Morgan fingerprint density at radius 3 is 2.42 bits per heavy atom. The van der Waals surface area contributed by atoms with Gasteiger partial charge in [-0.2, -0.15) is 0 Å². The molecule has 0 bridgehead atoms. The van der Waals surface area contributed by atoms with Crippen LogP contribution in [0, 0.1) is 12.7 Å². The quantitative estimate of drug-likeness (QED) is 0.456. The highest BCUT2D eigenvalue weighted by molar-refractivity contribution is 6.00. The summed E-state index contributed by atoms with van der Waals surface area (Å²) in [5.41, 5.74) is 5.34. The summed E-state index contributed by atoms with van der Waals surface area (Å²) in [5.74, 6) is -0.238. The maximum atomic E-state index is 13.3. The number of carbonyl (C=O) groups excluding carboxylic acids is 1. The predicted octanol–water partition coefficient (Wildman–Crippen LogP) is 5.55. The first-order valence-electron chi connectivity index (χ1n) is 8.05. The number of nitrogens with zero attached hydrogens (tertiary/aromatic N) is 1. The summed E-state index contributed by atoms with van der Waals surface area (Å²) in [6.07, 6.45) is 6.24. The molecule has 0 saturated carbocycles. The minimum atomic E-state index is -0.238. The van der Waals surface area contributed by atoms with E-state index in [1.807, 2.05) is 24.3 Å². The Balaban J connectivity index is 2.32. The van der Waals surface area contributed by atoms with E-state index in [0.29, 0.717) is 6.04 Å². The van der Waals surface area contributed by atoms with E-state index in [1.54, 1.807) is 0 Å². The molecule has 0 amide bonds. The first-order valence-corrected chi connectivity index (χ1v) is 8.05. The SMILES string of the molecule is Cc1c(/C=C/C=O)ccc2c1c(-c1ccc(F)cc1)cn2C(C)C. The summed E-state index contributed by atoms with van der Waals surface area (Å²) in [6.45, 7) is 6.34. The van der Waals surface area contributed by atoms with Gasteiger partial charge in [0.25, 0.3) is 0 Å². The molecule has 1 aromatic heterocycles. The van der Waals surface area contributed by atoms with Gasteiger partial charge >= 0.3 is 0 Å². The predicted molar refractivity (Wildman–Crippen MR) is 97.6 cm³/mol. The molecule has 2 nitrogen and oxygen atoms in total. The smallest absolute Gasteiger partial charge is 0.142 e. The van der Waals surface area contributed by atoms with Crippen molar-refractivity contribution in [2.45, 2.75) is 26.8 Å². The fraction of sp³-hybridized carbons (Fsp3) is 0.190. The summed E-state index contributed by atoms with van der Waals surface area (Å²) in [4.78, 5) is 10.6. The molecule has 0 unspecified atom stereocenters. The Hall–Kier alpha value is -2.68. The molecule has 3 aromatic rings. The highest BCUT2D eigenvalue weighted by Crippen LogP contribution is 2.36. The lowest BCUT2D eigenvalue weighted by Gasteiger charge is -2.10. The van der Waals surface area contributed by atoms with Gasteiger partial charge in [0.2, 0.25) is 0 Å². The maximum Gasteiger partial charge on any atom is 0.142 e. The van der Waals surface area contributed by atoms with E-state index >= 15 is 0 Å². The van der Waals surface area contributed by atoms with Crippen LogP contribution in [0.1, 0.15) is 31.0 Å². The van der Waals surface area contributed by atoms with Crippen LogP contribution >= 0.6 is 0 Å². The van der Waals surface area contributed by atoms with Crippen LogP contribution < -0.4 is 0 Å². The fourth-order valence-electron chi connectivity index (χ4n) is 3.14. The Morgan fingerprint density at radius 2 is 1.79 bits per heavy atom. The number of fused-ring (bicyclic) bond motifs is 1. The van der Waals surface area contributed by atoms with E-state index in [0.717, 1.165) is 39.4 Å². The molecular weight excluding hydrogens is 301 g/mol. The van der Waals surface area contributed by atoms with Gasteiger partial charge in [0.15, 0.2) is 0 Å². The van der Waals surface area contributed by atoms with Crippen LogP contribution in [0.15, 0.2) is 48.7 Å². The number of aromatic nitrogens is 1. The average Bonchev–Trinajstić information content (AvgIpc) is 2.95. The number of benzene rings is 2. The number of aryl methyl sites for hydroxylation is 1. The second-order valence-electron chi connectivity index (χ2n) is 6.22. The minimum absolute atomic E-state index is 0.238. The molecule has 24 heavy (non-hydrogen) atoms. The Labute approximate surface area is 141 Å². The van der Waals surface area contributed by atoms with Crippen molar-refractivity contribution in [2.75, 3.05) is 0 Å². The van der Waals surface area contributed by atoms with Gasteiger partial charge in [-0.25, -0.2) is 4.39 Å². The van der Waals surface area contributed by atoms with Crippen molar-refractivity contribution < 1.29 is 9.18 Å². The number of hydrogen-bond donors (Lipinski definition) is 0. The van der Waals surface area contributed by atoms with Crippen molar-refractivity contribution in [3.63, 3.8) is 0 Å². The molecule has 122 valence electrons. The molecule has 0 fully saturated rings. The Morgan fingerprint density at radius 1 is 1.08 bits per heavy atom. The lowest BCUT2D eigenvalue weighted by atomic mass is 9.97. The molecule has 3 heteroatoms. The molecule has 0 N–H and O–H groups in total. The summed E-state index contributed by atoms with van der Waals surface area (Å²) in [5, 5.41) is 1.14. The zero-order valence-corrected chi connectivity index (χ0v) is 14.1. The topological polar surface area (TPSA) is 22.0 Å². The van der Waals surface area contributed by atoms with E-state index in [9.17, 15) is 9.18 Å². The van der Waals surface area contributed by atoms with Crippen molar-refractivity contribution in [1.29, 1.82) is 0 Å². The standard InChI is InChI=1S/C21H20FNO/c1-14(2)23-13-19(17-6-9-18(22)10-7-17)21-15(3)16(5-4-12-24)8-11-20(21)23/h4-14H,1-3H3/b5-4+. The van der Waals surface area contributed by atoms with Crippen LogP contribution in [0.4, 0.5) is 4.39 Å². The van der Waals surface area contributed by atoms with Gasteiger partial charge in [-0.05, 0) is 61.7 Å². The van der Waals surface area contributed by atoms with Gasteiger partial charge in [0.1, 0.15) is 12.1 Å². The minimum Gasteiger partial charge on any atom is -0.344 e. The van der Waals surface area contributed by atoms with Crippen LogP contribution in [-0.2, 0) is 4.79 Å². The fourth-order valence-corrected chi connectivity index (χ4v) is 3.14. The van der Waals surface area contributed by atoms with Crippen molar-refractivity contribution >= 4 is 23.3 Å². The first-order chi connectivity index (χ1) is 11.5. The summed E-state index contributed by atoms with van der Waals surface area (Å²) >= 11 is 0. The van der Waals surface area contributed by atoms with Crippen molar-refractivity contribution in [3.8, 4) is 11.1 Å². The van der Waals surface area contributed by atoms with Crippen molar-refractivity contribution in [1.82, 2.24) is 4.57 Å². The van der Waals surface area contributed by atoms with Gasteiger partial charge in [0, 0.05) is 28.7 Å². The van der Waals surface area contributed by atoms with Gasteiger partial charge in [-0.1, -0.05) is 24.3 Å². The maximum absolute atomic E-state index is 13.3. The second kappa shape index (κ2) is 6.44. The van der Waals surface area contributed by atoms with E-state index < -0.39 is 0 Å². The van der Waals surface area contributed by atoms with Crippen LogP contribution in [-0.4, -0.2) is 10.9 Å². The van der Waals surface area contributed by atoms with E-state index in [2.05, 4.69) is 37.6 Å². The summed E-state index contributed by atoms with van der Waals surface area (Å²) in [6, 6.07) is 11.0. The van der Waals surface area contributed by atoms with E-state index in [4.69, 9.17) is 0 Å². The Bertz CT molecular complexity index is 917. The van der Waals surface area contributed by atoms with Crippen LogP contribution in [0.5, 0.6) is 0 Å². The van der Waals surface area contributed by atoms with Gasteiger partial charge in [-0.15, -0.1) is 0 Å². The third-order valence-electron chi connectivity index (χ3n) is 4.37. The zero-order chi connectivity index (χ0) is 17.3. The number of hydrogen-bond acceptors (Lipinski definition) is 1. The highest BCUT2D eigenvalue weighted by atomic mass is 19.1. The van der Waals surface area contributed by atoms with E-state index in [-0.39, 0.29) is 5.82 Å². The summed E-state index contributed by atoms with van der Waals surface area (Å²) in [7, 11) is 0. The first kappa shape index (κ1) is 16.2. The average molecular weight is 321 g/mol. The van der Waals surface area contributed by atoms with Gasteiger partial charge in [0.05, 0.1) is 0 Å². The Kier molecular flexibility index (Phi) is 4.34. The lowest BCUT2D eigenvalue weighted by Crippen LogP contribution is -1.98. The van der Waals surface area contributed by atoms with E-state index in [1.165, 1.54) is 18.2 Å². The van der Waals surface area contributed by atoms with Gasteiger partial charge in [-0.3, -0.25) is 4.79 Å². The molecule has 0 spiro atoms. The molecule has 0 radical (unpaired) electrons. The number of halogens is 1. The van der Waals surface area contributed by atoms with Crippen LogP contribution in [0.2, 0.25) is 0 Å². The van der Waals surface area contributed by atoms with Crippen molar-refractivity contribution in [3.05, 3.63) is 65.6 Å². The highest BCUT2D eigenvalue weighted by Gasteiger charge is 2.15. The molecule has 0 aliphatic rings.